The number of nitrogens with zero attached hydrogens (tertiary/aromatic N) is 1. The molecule has 6 nitrogen and oxygen atoms in total. The molecule has 0 bridgehead atoms. The number of rotatable bonds is 15. The number of ether oxygens (including phenoxy) is 3. The molecule has 1 atom stereocenters. The number of nitriles is 1. The number of allylic oxidation sites excluding steroid dienone is 2. The molecule has 0 amide bonds. The van der Waals surface area contributed by atoms with Crippen LogP contribution in [-0.2, 0) is 14.3 Å². The van der Waals surface area contributed by atoms with E-state index in [2.05, 4.69) is 13.0 Å². The molecule has 6 heteroatoms. The van der Waals surface area contributed by atoms with Crippen molar-refractivity contribution < 1.29 is 19.0 Å². The summed E-state index contributed by atoms with van der Waals surface area (Å²) in [5, 5.41) is 9.67. The predicted molar refractivity (Wildman–Crippen MR) is 134 cm³/mol. The van der Waals surface area contributed by atoms with Crippen LogP contribution in [0.3, 0.4) is 0 Å². The van der Waals surface area contributed by atoms with Crippen molar-refractivity contribution in [3.63, 3.8) is 0 Å². The SMILES string of the molecule is CCCCCCCCCCCCOc1ccc(C2C(C#N)=C(N)OC(C)=C2C(=O)OCC)cc1. The fourth-order valence-corrected chi connectivity index (χ4v) is 4.22. The average molecular weight is 469 g/mol. The Morgan fingerprint density at radius 2 is 1.59 bits per heavy atom. The molecule has 0 spiro atoms. The summed E-state index contributed by atoms with van der Waals surface area (Å²) in [4.78, 5) is 12.6. The van der Waals surface area contributed by atoms with Crippen molar-refractivity contribution in [2.24, 2.45) is 5.73 Å². The number of nitrogens with two attached hydrogens (primary N) is 1. The quantitative estimate of drug-likeness (QED) is 0.229. The third-order valence-corrected chi connectivity index (χ3v) is 6.08. The van der Waals surface area contributed by atoms with Gasteiger partial charge in [-0.25, -0.2) is 4.79 Å². The molecule has 1 unspecified atom stereocenters. The fraction of sp³-hybridized carbons (Fsp3) is 0.571. The largest absolute Gasteiger partial charge is 0.494 e. The molecule has 186 valence electrons. The molecular weight excluding hydrogens is 428 g/mol. The van der Waals surface area contributed by atoms with Crippen molar-refractivity contribution in [3.05, 3.63) is 52.6 Å². The lowest BCUT2D eigenvalue weighted by molar-refractivity contribution is -0.139. The maximum Gasteiger partial charge on any atom is 0.338 e. The van der Waals surface area contributed by atoms with Gasteiger partial charge in [0.1, 0.15) is 23.2 Å². The Morgan fingerprint density at radius 3 is 2.15 bits per heavy atom. The van der Waals surface area contributed by atoms with Gasteiger partial charge in [-0.05, 0) is 38.0 Å². The summed E-state index contributed by atoms with van der Waals surface area (Å²) in [5.41, 5.74) is 7.21. The van der Waals surface area contributed by atoms with Crippen molar-refractivity contribution in [2.75, 3.05) is 13.2 Å². The maximum atomic E-state index is 12.6. The number of esters is 1. The first-order valence-electron chi connectivity index (χ1n) is 12.7. The van der Waals surface area contributed by atoms with Gasteiger partial charge < -0.3 is 19.9 Å². The van der Waals surface area contributed by atoms with Crippen LogP contribution in [0.4, 0.5) is 0 Å². The van der Waals surface area contributed by atoms with Gasteiger partial charge in [0.15, 0.2) is 0 Å². The zero-order valence-electron chi connectivity index (χ0n) is 21.0. The third kappa shape index (κ3) is 8.13. The topological polar surface area (TPSA) is 94.6 Å². The van der Waals surface area contributed by atoms with Crippen LogP contribution in [0, 0.1) is 11.3 Å². The summed E-state index contributed by atoms with van der Waals surface area (Å²) >= 11 is 0. The van der Waals surface area contributed by atoms with Crippen molar-refractivity contribution in [3.8, 4) is 11.8 Å². The van der Waals surface area contributed by atoms with E-state index < -0.39 is 11.9 Å². The Kier molecular flexibility index (Phi) is 12.1. The summed E-state index contributed by atoms with van der Waals surface area (Å²) < 4.78 is 16.6. The Balaban J connectivity index is 1.87. The highest BCUT2D eigenvalue weighted by molar-refractivity contribution is 5.92. The molecule has 2 rings (SSSR count). The van der Waals surface area contributed by atoms with Crippen LogP contribution in [0.2, 0.25) is 0 Å². The van der Waals surface area contributed by atoms with Gasteiger partial charge in [0.25, 0.3) is 0 Å². The molecule has 1 aliphatic rings. The van der Waals surface area contributed by atoms with E-state index in [0.717, 1.165) is 17.7 Å². The second kappa shape index (κ2) is 15.1. The van der Waals surface area contributed by atoms with E-state index in [-0.39, 0.29) is 18.1 Å². The number of hydrogen-bond donors (Lipinski definition) is 1. The highest BCUT2D eigenvalue weighted by Gasteiger charge is 2.36. The summed E-state index contributed by atoms with van der Waals surface area (Å²) in [5.74, 6) is -0.0125. The van der Waals surface area contributed by atoms with Gasteiger partial charge in [-0.15, -0.1) is 0 Å². The molecule has 0 saturated heterocycles. The number of unbranched alkanes of at least 4 members (excludes halogenated alkanes) is 9. The van der Waals surface area contributed by atoms with Crippen molar-refractivity contribution in [1.82, 2.24) is 0 Å². The lowest BCUT2D eigenvalue weighted by atomic mass is 9.83. The summed E-state index contributed by atoms with van der Waals surface area (Å²) in [6, 6.07) is 9.55. The first-order valence-corrected chi connectivity index (χ1v) is 12.7. The molecule has 34 heavy (non-hydrogen) atoms. The normalized spacial score (nSPS) is 15.6. The molecule has 0 saturated carbocycles. The van der Waals surface area contributed by atoms with Gasteiger partial charge in [0.2, 0.25) is 5.88 Å². The van der Waals surface area contributed by atoms with E-state index in [1.807, 2.05) is 24.3 Å². The summed E-state index contributed by atoms with van der Waals surface area (Å²) in [6.45, 7) is 6.56. The fourth-order valence-electron chi connectivity index (χ4n) is 4.22. The van der Waals surface area contributed by atoms with Gasteiger partial charge in [0.05, 0.1) is 24.7 Å². The lowest BCUT2D eigenvalue weighted by Crippen LogP contribution is -2.25. The number of benzene rings is 1. The van der Waals surface area contributed by atoms with Crippen LogP contribution in [-0.4, -0.2) is 19.2 Å². The van der Waals surface area contributed by atoms with Crippen molar-refractivity contribution >= 4 is 5.97 Å². The molecule has 0 aromatic heterocycles. The lowest BCUT2D eigenvalue weighted by Gasteiger charge is -2.26. The highest BCUT2D eigenvalue weighted by atomic mass is 16.5. The summed E-state index contributed by atoms with van der Waals surface area (Å²) in [6.07, 6.45) is 12.9. The highest BCUT2D eigenvalue weighted by Crippen LogP contribution is 2.39. The Bertz CT molecular complexity index is 881. The van der Waals surface area contributed by atoms with E-state index in [1.165, 1.54) is 57.8 Å². The van der Waals surface area contributed by atoms with Crippen LogP contribution in [0.25, 0.3) is 0 Å². The van der Waals surface area contributed by atoms with Gasteiger partial charge >= 0.3 is 5.97 Å². The second-order valence-corrected chi connectivity index (χ2v) is 8.71. The monoisotopic (exact) mass is 468 g/mol. The average Bonchev–Trinajstić information content (AvgIpc) is 2.82. The Hall–Kier alpha value is -2.94. The maximum absolute atomic E-state index is 12.6. The number of hydrogen-bond acceptors (Lipinski definition) is 6. The van der Waals surface area contributed by atoms with E-state index in [0.29, 0.717) is 17.9 Å². The van der Waals surface area contributed by atoms with Crippen molar-refractivity contribution in [1.29, 1.82) is 5.26 Å². The molecule has 0 aliphatic carbocycles. The molecule has 0 fully saturated rings. The smallest absolute Gasteiger partial charge is 0.338 e. The molecule has 1 heterocycles. The molecule has 0 radical (unpaired) electrons. The van der Waals surface area contributed by atoms with Crippen LogP contribution in [0.5, 0.6) is 5.75 Å². The first kappa shape index (κ1) is 27.3. The zero-order chi connectivity index (χ0) is 24.8. The minimum Gasteiger partial charge on any atom is -0.494 e. The Labute approximate surface area is 204 Å². The van der Waals surface area contributed by atoms with Gasteiger partial charge in [-0.3, -0.25) is 0 Å². The van der Waals surface area contributed by atoms with E-state index >= 15 is 0 Å². The Morgan fingerprint density at radius 1 is 1.00 bits per heavy atom. The third-order valence-electron chi connectivity index (χ3n) is 6.08. The molecule has 1 aromatic carbocycles. The van der Waals surface area contributed by atoms with Crippen LogP contribution in [0.1, 0.15) is 96.5 Å². The van der Waals surface area contributed by atoms with Gasteiger partial charge in [-0.1, -0.05) is 76.8 Å². The first-order chi connectivity index (χ1) is 16.5. The minimum atomic E-state index is -0.631. The molecule has 1 aliphatic heterocycles. The van der Waals surface area contributed by atoms with Crippen LogP contribution >= 0.6 is 0 Å². The molecule has 1 aromatic rings. The molecule has 2 N–H and O–H groups in total. The van der Waals surface area contributed by atoms with E-state index in [1.54, 1.807) is 13.8 Å². The molecular formula is C28H40N2O4. The van der Waals surface area contributed by atoms with Gasteiger partial charge in [0, 0.05) is 0 Å². The number of carbonyl (C=O) groups is 1. The second-order valence-electron chi connectivity index (χ2n) is 8.71. The van der Waals surface area contributed by atoms with Gasteiger partial charge in [-0.2, -0.15) is 5.26 Å². The number of carbonyl (C=O) groups excluding carboxylic acids is 1. The zero-order valence-corrected chi connectivity index (χ0v) is 21.0. The summed E-state index contributed by atoms with van der Waals surface area (Å²) in [7, 11) is 0. The predicted octanol–water partition coefficient (Wildman–Crippen LogP) is 6.63. The standard InChI is InChI=1S/C28H40N2O4/c1-4-6-7-8-9-10-11-12-13-14-19-33-23-17-15-22(16-18-23)26-24(20-29)27(30)34-21(3)25(26)28(31)32-5-2/h15-18,26H,4-14,19,30H2,1-3H3. The van der Waals surface area contributed by atoms with E-state index in [9.17, 15) is 10.1 Å². The van der Waals surface area contributed by atoms with E-state index in [4.69, 9.17) is 19.9 Å². The van der Waals surface area contributed by atoms with Crippen molar-refractivity contribution in [2.45, 2.75) is 90.9 Å². The van der Waals surface area contributed by atoms with Crippen LogP contribution in [0.15, 0.2) is 47.1 Å². The minimum absolute atomic E-state index is 0.0133. The van der Waals surface area contributed by atoms with Crippen LogP contribution < -0.4 is 10.5 Å².